The van der Waals surface area contributed by atoms with Crippen LogP contribution in [0, 0.1) is 0 Å². The molecule has 1 aromatic carbocycles. The van der Waals surface area contributed by atoms with Crippen LogP contribution in [0.25, 0.3) is 0 Å². The lowest BCUT2D eigenvalue weighted by molar-refractivity contribution is 0.0951. The van der Waals surface area contributed by atoms with Crippen molar-refractivity contribution in [2.24, 2.45) is 0 Å². The van der Waals surface area contributed by atoms with Crippen LogP contribution in [-0.4, -0.2) is 36.9 Å². The predicted molar refractivity (Wildman–Crippen MR) is 97.5 cm³/mol. The number of benzene rings is 1. The molecule has 0 aliphatic carbocycles. The zero-order valence-corrected chi connectivity index (χ0v) is 15.0. The Morgan fingerprint density at radius 2 is 2.00 bits per heavy atom. The fourth-order valence-corrected chi connectivity index (χ4v) is 4.45. The van der Waals surface area contributed by atoms with Gasteiger partial charge in [-0.25, -0.2) is 13.4 Å². The van der Waals surface area contributed by atoms with E-state index in [2.05, 4.69) is 15.6 Å². The largest absolute Gasteiger partial charge is 0.366 e. The number of carbonyl (C=O) groups is 1. The molecule has 1 unspecified atom stereocenters. The normalized spacial score (nSPS) is 18.7. The van der Waals surface area contributed by atoms with Crippen LogP contribution in [0.1, 0.15) is 22.3 Å². The molecule has 1 atom stereocenters. The van der Waals surface area contributed by atoms with Gasteiger partial charge < -0.3 is 10.6 Å². The first-order valence-corrected chi connectivity index (χ1v) is 10.1. The first-order chi connectivity index (χ1) is 11.9. The molecular weight excluding hydrogens is 362 g/mol. The number of amides is 1. The number of nitrogens with one attached hydrogen (secondary N) is 2. The number of halogens is 1. The van der Waals surface area contributed by atoms with Gasteiger partial charge in [0.25, 0.3) is 5.91 Å². The van der Waals surface area contributed by atoms with Crippen LogP contribution in [0.5, 0.6) is 0 Å². The summed E-state index contributed by atoms with van der Waals surface area (Å²) in [5.74, 6) is 0.564. The molecular formula is C17H18ClN3O3S. The van der Waals surface area contributed by atoms with Gasteiger partial charge in [-0.15, -0.1) is 0 Å². The van der Waals surface area contributed by atoms with Crippen molar-refractivity contribution in [2.45, 2.75) is 19.0 Å². The van der Waals surface area contributed by atoms with E-state index in [0.717, 1.165) is 5.56 Å². The van der Waals surface area contributed by atoms with Crippen LogP contribution < -0.4 is 10.6 Å². The maximum absolute atomic E-state index is 12.3. The molecule has 1 fully saturated rings. The number of sulfone groups is 1. The molecule has 1 saturated heterocycles. The number of hydrogen-bond donors (Lipinski definition) is 2. The predicted octanol–water partition coefficient (Wildman–Crippen LogP) is 2.26. The summed E-state index contributed by atoms with van der Waals surface area (Å²) in [6, 6.07) is 10.3. The second-order valence-electron chi connectivity index (χ2n) is 5.98. The molecule has 1 aliphatic rings. The van der Waals surface area contributed by atoms with Crippen molar-refractivity contribution in [2.75, 3.05) is 16.8 Å². The van der Waals surface area contributed by atoms with E-state index in [1.165, 1.54) is 6.20 Å². The van der Waals surface area contributed by atoms with Gasteiger partial charge in [0, 0.05) is 29.4 Å². The van der Waals surface area contributed by atoms with Crippen LogP contribution in [0.2, 0.25) is 5.02 Å². The van der Waals surface area contributed by atoms with Crippen LogP contribution in [0.3, 0.4) is 0 Å². The van der Waals surface area contributed by atoms with E-state index in [1.54, 1.807) is 24.3 Å². The van der Waals surface area contributed by atoms with E-state index < -0.39 is 9.84 Å². The average molecular weight is 380 g/mol. The maximum Gasteiger partial charge on any atom is 0.251 e. The van der Waals surface area contributed by atoms with Gasteiger partial charge in [-0.05, 0) is 36.2 Å². The number of hydrogen-bond acceptors (Lipinski definition) is 5. The molecule has 2 N–H and O–H groups in total. The topological polar surface area (TPSA) is 88.2 Å². The minimum absolute atomic E-state index is 0.0989. The SMILES string of the molecule is O=C(NCc1ccc(Cl)cc1)c1ccnc(NC2CCS(=O)(=O)C2)c1. The first kappa shape index (κ1) is 17.7. The summed E-state index contributed by atoms with van der Waals surface area (Å²) in [6.45, 7) is 0.391. The van der Waals surface area contributed by atoms with Crippen molar-refractivity contribution < 1.29 is 13.2 Å². The van der Waals surface area contributed by atoms with Crippen molar-refractivity contribution in [1.82, 2.24) is 10.3 Å². The molecule has 132 valence electrons. The number of aromatic nitrogens is 1. The quantitative estimate of drug-likeness (QED) is 0.831. The van der Waals surface area contributed by atoms with Gasteiger partial charge in [0.15, 0.2) is 9.84 Å². The number of carbonyl (C=O) groups excluding carboxylic acids is 1. The summed E-state index contributed by atoms with van der Waals surface area (Å²) in [7, 11) is -2.96. The van der Waals surface area contributed by atoms with Crippen LogP contribution >= 0.6 is 11.6 Å². The number of nitrogens with zero attached hydrogens (tertiary/aromatic N) is 1. The third-order valence-corrected chi connectivity index (χ3v) is 5.99. The Morgan fingerprint density at radius 1 is 1.24 bits per heavy atom. The van der Waals surface area contributed by atoms with Gasteiger partial charge in [-0.3, -0.25) is 4.79 Å². The van der Waals surface area contributed by atoms with Crippen LogP contribution in [0.4, 0.5) is 5.82 Å². The molecule has 1 aromatic heterocycles. The first-order valence-electron chi connectivity index (χ1n) is 7.87. The molecule has 2 heterocycles. The van der Waals surface area contributed by atoms with Crippen molar-refractivity contribution >= 4 is 33.2 Å². The Hall–Kier alpha value is -2.12. The monoisotopic (exact) mass is 379 g/mol. The van der Waals surface area contributed by atoms with E-state index in [-0.39, 0.29) is 23.5 Å². The second-order valence-corrected chi connectivity index (χ2v) is 8.65. The highest BCUT2D eigenvalue weighted by Gasteiger charge is 2.27. The van der Waals surface area contributed by atoms with Gasteiger partial charge in [0.05, 0.1) is 11.5 Å². The van der Waals surface area contributed by atoms with Crippen molar-refractivity contribution in [3.8, 4) is 0 Å². The summed E-state index contributed by atoms with van der Waals surface area (Å²) in [4.78, 5) is 16.4. The molecule has 0 saturated carbocycles. The lowest BCUT2D eigenvalue weighted by atomic mass is 10.2. The average Bonchev–Trinajstić information content (AvgIpc) is 2.93. The van der Waals surface area contributed by atoms with Gasteiger partial charge in [-0.1, -0.05) is 23.7 Å². The Bertz CT molecular complexity index is 869. The molecule has 3 rings (SSSR count). The van der Waals surface area contributed by atoms with Crippen LogP contribution in [-0.2, 0) is 16.4 Å². The van der Waals surface area contributed by atoms with E-state index >= 15 is 0 Å². The van der Waals surface area contributed by atoms with Gasteiger partial charge in [0.2, 0.25) is 0 Å². The molecule has 6 nitrogen and oxygen atoms in total. The molecule has 25 heavy (non-hydrogen) atoms. The summed E-state index contributed by atoms with van der Waals surface area (Å²) in [6.07, 6.45) is 2.08. The standard InChI is InChI=1S/C17H18ClN3O3S/c18-14-3-1-12(2-4-14)10-20-17(22)13-5-7-19-16(9-13)21-15-6-8-25(23,24)11-15/h1-5,7,9,15H,6,8,10-11H2,(H,19,21)(H,20,22). The summed E-state index contributed by atoms with van der Waals surface area (Å²) >= 11 is 5.84. The Labute approximate surface area is 151 Å². The molecule has 2 aromatic rings. The van der Waals surface area contributed by atoms with Crippen molar-refractivity contribution in [3.05, 3.63) is 58.7 Å². The highest BCUT2D eigenvalue weighted by Crippen LogP contribution is 2.17. The zero-order chi connectivity index (χ0) is 17.9. The molecule has 0 bridgehead atoms. The summed E-state index contributed by atoms with van der Waals surface area (Å²) < 4.78 is 23.0. The summed E-state index contributed by atoms with van der Waals surface area (Å²) in [5.41, 5.74) is 1.41. The Balaban J connectivity index is 1.60. The lowest BCUT2D eigenvalue weighted by Gasteiger charge is -2.12. The van der Waals surface area contributed by atoms with Crippen LogP contribution in [0.15, 0.2) is 42.6 Å². The molecule has 0 spiro atoms. The fourth-order valence-electron chi connectivity index (χ4n) is 2.66. The van der Waals surface area contributed by atoms with Gasteiger partial charge in [0.1, 0.15) is 5.82 Å². The highest BCUT2D eigenvalue weighted by atomic mass is 35.5. The summed E-state index contributed by atoms with van der Waals surface area (Å²) in [5, 5.41) is 6.57. The Morgan fingerprint density at radius 3 is 2.68 bits per heavy atom. The minimum Gasteiger partial charge on any atom is -0.366 e. The molecule has 8 heteroatoms. The molecule has 1 amide bonds. The van der Waals surface area contributed by atoms with E-state index in [4.69, 9.17) is 11.6 Å². The smallest absolute Gasteiger partial charge is 0.251 e. The number of rotatable bonds is 5. The lowest BCUT2D eigenvalue weighted by Crippen LogP contribution is -2.24. The third-order valence-electron chi connectivity index (χ3n) is 3.97. The minimum atomic E-state index is -2.96. The number of anilines is 1. The van der Waals surface area contributed by atoms with Gasteiger partial charge >= 0.3 is 0 Å². The Kier molecular flexibility index (Phi) is 5.24. The maximum atomic E-state index is 12.3. The number of pyridine rings is 1. The second kappa shape index (κ2) is 7.41. The van der Waals surface area contributed by atoms with Crippen molar-refractivity contribution in [1.29, 1.82) is 0 Å². The fraction of sp³-hybridized carbons (Fsp3) is 0.294. The van der Waals surface area contributed by atoms with Crippen molar-refractivity contribution in [3.63, 3.8) is 0 Å². The highest BCUT2D eigenvalue weighted by molar-refractivity contribution is 7.91. The zero-order valence-electron chi connectivity index (χ0n) is 13.4. The molecule has 1 aliphatic heterocycles. The van der Waals surface area contributed by atoms with E-state index in [9.17, 15) is 13.2 Å². The van der Waals surface area contributed by atoms with E-state index in [1.807, 2.05) is 12.1 Å². The molecule has 0 radical (unpaired) electrons. The third kappa shape index (κ3) is 4.93. The van der Waals surface area contributed by atoms with Gasteiger partial charge in [-0.2, -0.15) is 0 Å². The van der Waals surface area contributed by atoms with E-state index in [0.29, 0.717) is 29.4 Å².